The number of piperazine rings is 1. The number of ether oxygens (including phenoxy) is 1. The Balaban J connectivity index is 0.00000392. The van der Waals surface area contributed by atoms with Gasteiger partial charge in [-0.1, -0.05) is 11.3 Å². The number of aliphatic hydroxyl groups is 1. The number of anilines is 1. The van der Waals surface area contributed by atoms with Gasteiger partial charge in [0.25, 0.3) is 0 Å². The molecule has 1 fully saturated rings. The van der Waals surface area contributed by atoms with Crippen LogP contribution >= 0.6 is 36.2 Å². The standard InChI is InChI=1S/C15H21F3N4O4S.2ClH/c1-3-26-12(24)9-8-20-13(27-9)22-6-4-21(5-7-22)11(23)10(19)14(2,25)15(16,17)18;;/h8,10,25H,3-7,19H2,1-2H3;2*1H. The number of hydrogen-bond donors (Lipinski definition) is 2. The van der Waals surface area contributed by atoms with Gasteiger partial charge in [-0.3, -0.25) is 4.79 Å². The van der Waals surface area contributed by atoms with Crippen LogP contribution in [0.2, 0.25) is 0 Å². The molecule has 0 saturated carbocycles. The van der Waals surface area contributed by atoms with Crippen molar-refractivity contribution in [3.8, 4) is 0 Å². The van der Waals surface area contributed by atoms with Crippen molar-refractivity contribution in [2.24, 2.45) is 5.73 Å². The summed E-state index contributed by atoms with van der Waals surface area (Å²) in [6, 6.07) is -2.11. The first-order chi connectivity index (χ1) is 12.5. The normalized spacial score (nSPS) is 17.5. The van der Waals surface area contributed by atoms with Gasteiger partial charge in [-0.05, 0) is 13.8 Å². The van der Waals surface area contributed by atoms with Gasteiger partial charge in [-0.2, -0.15) is 13.2 Å². The lowest BCUT2D eigenvalue weighted by Crippen LogP contribution is -2.64. The number of halogens is 5. The first-order valence-corrected chi connectivity index (χ1v) is 9.02. The van der Waals surface area contributed by atoms with Gasteiger partial charge in [-0.15, -0.1) is 24.8 Å². The Hall–Kier alpha value is -1.34. The molecule has 0 aromatic carbocycles. The monoisotopic (exact) mass is 482 g/mol. The maximum absolute atomic E-state index is 12.9. The van der Waals surface area contributed by atoms with E-state index in [-0.39, 0.29) is 44.5 Å². The minimum absolute atomic E-state index is 0. The third kappa shape index (κ3) is 6.07. The van der Waals surface area contributed by atoms with E-state index in [0.717, 1.165) is 11.3 Å². The molecule has 0 spiro atoms. The number of alkyl halides is 3. The van der Waals surface area contributed by atoms with Crippen LogP contribution in [0.1, 0.15) is 23.5 Å². The average Bonchev–Trinajstić information content (AvgIpc) is 3.10. The van der Waals surface area contributed by atoms with Gasteiger partial charge >= 0.3 is 12.1 Å². The molecule has 168 valence electrons. The number of nitrogens with zero attached hydrogens (tertiary/aromatic N) is 3. The average molecular weight is 483 g/mol. The molecular weight excluding hydrogens is 460 g/mol. The summed E-state index contributed by atoms with van der Waals surface area (Å²) in [6.07, 6.45) is -3.62. The molecule has 1 aliphatic rings. The summed E-state index contributed by atoms with van der Waals surface area (Å²) < 4.78 is 43.5. The Morgan fingerprint density at radius 1 is 1.31 bits per heavy atom. The largest absolute Gasteiger partial charge is 0.462 e. The SMILES string of the molecule is CCOC(=O)c1cnc(N2CCN(C(=O)C(N)C(C)(O)C(F)(F)F)CC2)s1.Cl.Cl. The number of aromatic nitrogens is 1. The van der Waals surface area contributed by atoms with Crippen molar-refractivity contribution in [1.82, 2.24) is 9.88 Å². The molecule has 1 aliphatic heterocycles. The lowest BCUT2D eigenvalue weighted by Gasteiger charge is -2.38. The molecule has 29 heavy (non-hydrogen) atoms. The van der Waals surface area contributed by atoms with Gasteiger partial charge in [-0.25, -0.2) is 9.78 Å². The van der Waals surface area contributed by atoms with E-state index in [0.29, 0.717) is 30.0 Å². The van der Waals surface area contributed by atoms with E-state index in [1.54, 1.807) is 6.92 Å². The van der Waals surface area contributed by atoms with Crippen LogP contribution in [0.3, 0.4) is 0 Å². The van der Waals surface area contributed by atoms with Crippen LogP contribution in [0.15, 0.2) is 6.20 Å². The Kier molecular flexibility index (Phi) is 10.1. The van der Waals surface area contributed by atoms with E-state index < -0.39 is 29.7 Å². The molecule has 1 saturated heterocycles. The highest BCUT2D eigenvalue weighted by molar-refractivity contribution is 7.17. The van der Waals surface area contributed by atoms with Crippen molar-refractivity contribution in [2.45, 2.75) is 31.7 Å². The van der Waals surface area contributed by atoms with Crippen LogP contribution in [-0.2, 0) is 9.53 Å². The number of hydrogen-bond acceptors (Lipinski definition) is 8. The highest BCUT2D eigenvalue weighted by Crippen LogP contribution is 2.33. The summed E-state index contributed by atoms with van der Waals surface area (Å²) in [5.74, 6) is -1.45. The number of carbonyl (C=O) groups is 2. The van der Waals surface area contributed by atoms with Crippen LogP contribution in [-0.4, -0.2) is 77.5 Å². The number of amides is 1. The molecule has 1 aromatic heterocycles. The second-order valence-corrected chi connectivity index (χ2v) is 7.17. The second-order valence-electron chi connectivity index (χ2n) is 6.16. The number of nitrogens with two attached hydrogens (primary N) is 1. The maximum Gasteiger partial charge on any atom is 0.418 e. The van der Waals surface area contributed by atoms with Crippen LogP contribution in [0.4, 0.5) is 18.3 Å². The summed E-state index contributed by atoms with van der Waals surface area (Å²) >= 11 is 1.13. The van der Waals surface area contributed by atoms with Crippen molar-refractivity contribution >= 4 is 53.2 Å². The molecule has 0 aliphatic carbocycles. The van der Waals surface area contributed by atoms with Crippen molar-refractivity contribution in [2.75, 3.05) is 37.7 Å². The molecule has 8 nitrogen and oxygen atoms in total. The molecule has 2 atom stereocenters. The molecular formula is C15H23Cl2F3N4O4S. The Labute approximate surface area is 182 Å². The maximum atomic E-state index is 12.9. The Morgan fingerprint density at radius 2 is 1.86 bits per heavy atom. The van der Waals surface area contributed by atoms with Crippen molar-refractivity contribution in [3.63, 3.8) is 0 Å². The van der Waals surface area contributed by atoms with E-state index in [9.17, 15) is 27.9 Å². The molecule has 1 amide bonds. The van der Waals surface area contributed by atoms with Crippen LogP contribution in [0.25, 0.3) is 0 Å². The highest BCUT2D eigenvalue weighted by atomic mass is 35.5. The van der Waals surface area contributed by atoms with Gasteiger partial charge in [0.2, 0.25) is 5.91 Å². The minimum atomic E-state index is -5.02. The molecule has 3 N–H and O–H groups in total. The number of carbonyl (C=O) groups excluding carboxylic acids is 2. The number of rotatable bonds is 5. The van der Waals surface area contributed by atoms with E-state index in [4.69, 9.17) is 10.5 Å². The predicted molar refractivity (Wildman–Crippen MR) is 106 cm³/mol. The third-order valence-electron chi connectivity index (χ3n) is 4.28. The Bertz CT molecular complexity index is 697. The third-order valence-corrected chi connectivity index (χ3v) is 5.32. The van der Waals surface area contributed by atoms with Crippen LogP contribution in [0, 0.1) is 0 Å². The number of thiazole rings is 1. The van der Waals surface area contributed by atoms with Gasteiger partial charge in [0.15, 0.2) is 10.7 Å². The first-order valence-electron chi connectivity index (χ1n) is 8.20. The summed E-state index contributed by atoms with van der Waals surface area (Å²) in [7, 11) is 0. The van der Waals surface area contributed by atoms with Gasteiger partial charge in [0.05, 0.1) is 12.8 Å². The van der Waals surface area contributed by atoms with E-state index in [2.05, 4.69) is 4.98 Å². The summed E-state index contributed by atoms with van der Waals surface area (Å²) in [5.41, 5.74) is 2.07. The first kappa shape index (κ1) is 27.7. The van der Waals surface area contributed by atoms with Crippen molar-refractivity contribution in [3.05, 3.63) is 11.1 Å². The lowest BCUT2D eigenvalue weighted by molar-refractivity contribution is -0.259. The quantitative estimate of drug-likeness (QED) is 0.611. The zero-order valence-corrected chi connectivity index (χ0v) is 18.1. The molecule has 0 bridgehead atoms. The zero-order chi connectivity index (χ0) is 20.4. The second kappa shape index (κ2) is 10.6. The predicted octanol–water partition coefficient (Wildman–Crippen LogP) is 1.45. The molecule has 2 rings (SSSR count). The minimum Gasteiger partial charge on any atom is -0.462 e. The topological polar surface area (TPSA) is 109 Å². The van der Waals surface area contributed by atoms with E-state index in [1.807, 2.05) is 4.90 Å². The zero-order valence-electron chi connectivity index (χ0n) is 15.6. The fraction of sp³-hybridized carbons (Fsp3) is 0.667. The van der Waals surface area contributed by atoms with Gasteiger partial charge < -0.3 is 25.4 Å². The van der Waals surface area contributed by atoms with Crippen molar-refractivity contribution < 1.29 is 32.6 Å². The Morgan fingerprint density at radius 3 is 2.34 bits per heavy atom. The fourth-order valence-corrected chi connectivity index (χ4v) is 3.30. The summed E-state index contributed by atoms with van der Waals surface area (Å²) in [6.45, 7) is 3.28. The number of esters is 1. The van der Waals surface area contributed by atoms with Gasteiger partial charge in [0, 0.05) is 26.2 Å². The molecule has 0 radical (unpaired) electrons. The van der Waals surface area contributed by atoms with Crippen molar-refractivity contribution in [1.29, 1.82) is 0 Å². The van der Waals surface area contributed by atoms with E-state index >= 15 is 0 Å². The summed E-state index contributed by atoms with van der Waals surface area (Å²) in [5, 5.41) is 10.1. The lowest BCUT2D eigenvalue weighted by atomic mass is 9.95. The smallest absolute Gasteiger partial charge is 0.418 e. The molecule has 14 heteroatoms. The van der Waals surface area contributed by atoms with Crippen LogP contribution < -0.4 is 10.6 Å². The molecule has 1 aromatic rings. The molecule has 2 unspecified atom stereocenters. The molecule has 2 heterocycles. The van der Waals surface area contributed by atoms with Crippen LogP contribution in [0.5, 0.6) is 0 Å². The summed E-state index contributed by atoms with van der Waals surface area (Å²) in [4.78, 5) is 31.4. The van der Waals surface area contributed by atoms with E-state index in [1.165, 1.54) is 11.1 Å². The van der Waals surface area contributed by atoms with Gasteiger partial charge in [0.1, 0.15) is 10.9 Å². The fourth-order valence-electron chi connectivity index (χ4n) is 2.44. The highest BCUT2D eigenvalue weighted by Gasteiger charge is 2.56.